The zero-order valence-electron chi connectivity index (χ0n) is 12.8. The highest BCUT2D eigenvalue weighted by molar-refractivity contribution is 5.54. The van der Waals surface area contributed by atoms with Gasteiger partial charge in [0.25, 0.3) is 0 Å². The molecule has 5 heteroatoms. The first-order chi connectivity index (χ1) is 11.1. The van der Waals surface area contributed by atoms with E-state index in [1.54, 1.807) is 6.07 Å². The van der Waals surface area contributed by atoms with Gasteiger partial charge in [0.2, 0.25) is 0 Å². The summed E-state index contributed by atoms with van der Waals surface area (Å²) in [5.41, 5.74) is 1.70. The minimum absolute atomic E-state index is 0.150. The average Bonchev–Trinajstić information content (AvgIpc) is 3.06. The van der Waals surface area contributed by atoms with Crippen molar-refractivity contribution in [2.45, 2.75) is 25.9 Å². The Bertz CT molecular complexity index is 682. The third-order valence-corrected chi connectivity index (χ3v) is 4.17. The standard InChI is InChI=1S/C18H19F3N2/c19-14-6-7-16(20)13(10-14)11-22-12-15-17(21)4-3-5-18(15)23-8-1-2-9-23/h3-7,10,22H,1-2,8-9,11-12H2. The predicted octanol–water partition coefficient (Wildman–Crippen LogP) is 3.99. The van der Waals surface area contributed by atoms with Crippen LogP contribution in [0.15, 0.2) is 36.4 Å². The Labute approximate surface area is 133 Å². The monoisotopic (exact) mass is 320 g/mol. The van der Waals surface area contributed by atoms with Crippen molar-refractivity contribution in [2.24, 2.45) is 0 Å². The molecule has 0 atom stereocenters. The summed E-state index contributed by atoms with van der Waals surface area (Å²) in [6, 6.07) is 8.39. The van der Waals surface area contributed by atoms with E-state index in [-0.39, 0.29) is 24.5 Å². The Kier molecular flexibility index (Phi) is 4.86. The van der Waals surface area contributed by atoms with Crippen molar-refractivity contribution in [1.29, 1.82) is 0 Å². The maximum Gasteiger partial charge on any atom is 0.129 e. The van der Waals surface area contributed by atoms with Crippen molar-refractivity contribution in [3.63, 3.8) is 0 Å². The second kappa shape index (κ2) is 7.04. The van der Waals surface area contributed by atoms with Crippen LogP contribution in [-0.2, 0) is 13.1 Å². The molecule has 2 aromatic rings. The summed E-state index contributed by atoms with van der Waals surface area (Å²) in [4.78, 5) is 2.17. The van der Waals surface area contributed by atoms with Gasteiger partial charge in [-0.15, -0.1) is 0 Å². The second-order valence-corrected chi connectivity index (χ2v) is 5.77. The number of nitrogens with zero attached hydrogens (tertiary/aromatic N) is 1. The van der Waals surface area contributed by atoms with Crippen LogP contribution in [0.5, 0.6) is 0 Å². The zero-order valence-corrected chi connectivity index (χ0v) is 12.8. The van der Waals surface area contributed by atoms with Crippen LogP contribution in [-0.4, -0.2) is 13.1 Å². The Morgan fingerprint density at radius 2 is 1.70 bits per heavy atom. The lowest BCUT2D eigenvalue weighted by Gasteiger charge is -2.22. The third kappa shape index (κ3) is 3.67. The molecule has 0 saturated carbocycles. The number of nitrogens with one attached hydrogen (secondary N) is 1. The van der Waals surface area contributed by atoms with Crippen molar-refractivity contribution in [2.75, 3.05) is 18.0 Å². The van der Waals surface area contributed by atoms with E-state index in [2.05, 4.69) is 10.2 Å². The van der Waals surface area contributed by atoms with Crippen molar-refractivity contribution >= 4 is 5.69 Å². The summed E-state index contributed by atoms with van der Waals surface area (Å²) in [6.45, 7) is 2.27. The Morgan fingerprint density at radius 1 is 0.913 bits per heavy atom. The second-order valence-electron chi connectivity index (χ2n) is 5.77. The summed E-state index contributed by atoms with van der Waals surface area (Å²) in [6.07, 6.45) is 2.22. The Balaban J connectivity index is 1.71. The highest BCUT2D eigenvalue weighted by Crippen LogP contribution is 2.26. The Hall–Kier alpha value is -2.01. The van der Waals surface area contributed by atoms with E-state index in [0.29, 0.717) is 5.56 Å². The molecule has 0 aromatic heterocycles. The summed E-state index contributed by atoms with van der Waals surface area (Å²) in [5, 5.41) is 3.02. The van der Waals surface area contributed by atoms with Gasteiger partial charge in [-0.3, -0.25) is 0 Å². The molecule has 1 N–H and O–H groups in total. The molecule has 1 saturated heterocycles. The first kappa shape index (κ1) is 15.9. The lowest BCUT2D eigenvalue weighted by molar-refractivity contribution is 0.558. The van der Waals surface area contributed by atoms with Gasteiger partial charge in [-0.05, 0) is 43.2 Å². The van der Waals surface area contributed by atoms with E-state index in [9.17, 15) is 13.2 Å². The molecule has 1 fully saturated rings. The first-order valence-corrected chi connectivity index (χ1v) is 7.82. The quantitative estimate of drug-likeness (QED) is 0.896. The van der Waals surface area contributed by atoms with Crippen LogP contribution in [0.4, 0.5) is 18.9 Å². The highest BCUT2D eigenvalue weighted by Gasteiger charge is 2.17. The summed E-state index contributed by atoms with van der Waals surface area (Å²) in [7, 11) is 0. The normalized spacial score (nSPS) is 14.5. The minimum atomic E-state index is -0.480. The van der Waals surface area contributed by atoms with Gasteiger partial charge >= 0.3 is 0 Å². The SMILES string of the molecule is Fc1ccc(F)c(CNCc2c(F)cccc2N2CCCC2)c1. The molecule has 122 valence electrons. The molecule has 0 bridgehead atoms. The molecular weight excluding hydrogens is 301 g/mol. The zero-order chi connectivity index (χ0) is 16.2. The smallest absolute Gasteiger partial charge is 0.129 e. The molecule has 0 aliphatic carbocycles. The lowest BCUT2D eigenvalue weighted by atomic mass is 10.1. The minimum Gasteiger partial charge on any atom is -0.371 e. The van der Waals surface area contributed by atoms with Gasteiger partial charge in [0.15, 0.2) is 0 Å². The average molecular weight is 320 g/mol. The van der Waals surface area contributed by atoms with Gasteiger partial charge in [0.1, 0.15) is 17.5 Å². The third-order valence-electron chi connectivity index (χ3n) is 4.17. The van der Waals surface area contributed by atoms with E-state index >= 15 is 0 Å². The van der Waals surface area contributed by atoms with E-state index in [1.165, 1.54) is 6.07 Å². The van der Waals surface area contributed by atoms with Crippen LogP contribution in [0.3, 0.4) is 0 Å². The predicted molar refractivity (Wildman–Crippen MR) is 84.7 cm³/mol. The highest BCUT2D eigenvalue weighted by atomic mass is 19.1. The molecule has 1 heterocycles. The fraction of sp³-hybridized carbons (Fsp3) is 0.333. The fourth-order valence-corrected chi connectivity index (χ4v) is 2.98. The van der Waals surface area contributed by atoms with E-state index in [1.807, 2.05) is 6.07 Å². The molecule has 3 rings (SSSR count). The van der Waals surface area contributed by atoms with E-state index < -0.39 is 11.6 Å². The van der Waals surface area contributed by atoms with Crippen LogP contribution >= 0.6 is 0 Å². The Morgan fingerprint density at radius 3 is 2.48 bits per heavy atom. The lowest BCUT2D eigenvalue weighted by Crippen LogP contribution is -2.22. The summed E-state index contributed by atoms with van der Waals surface area (Å²) >= 11 is 0. The summed E-state index contributed by atoms with van der Waals surface area (Å²) in [5.74, 6) is -1.22. The number of benzene rings is 2. The number of hydrogen-bond donors (Lipinski definition) is 1. The van der Waals surface area contributed by atoms with Crippen LogP contribution in [0, 0.1) is 17.5 Å². The van der Waals surface area contributed by atoms with Gasteiger partial charge in [0, 0.05) is 43.0 Å². The van der Waals surface area contributed by atoms with Crippen molar-refractivity contribution in [3.8, 4) is 0 Å². The molecule has 0 unspecified atom stereocenters. The number of hydrogen-bond acceptors (Lipinski definition) is 2. The molecule has 0 spiro atoms. The van der Waals surface area contributed by atoms with Gasteiger partial charge < -0.3 is 10.2 Å². The van der Waals surface area contributed by atoms with Crippen LogP contribution in [0.2, 0.25) is 0 Å². The van der Waals surface area contributed by atoms with Gasteiger partial charge in [0.05, 0.1) is 0 Å². The molecule has 23 heavy (non-hydrogen) atoms. The van der Waals surface area contributed by atoms with E-state index in [4.69, 9.17) is 0 Å². The molecule has 0 amide bonds. The van der Waals surface area contributed by atoms with Crippen LogP contribution < -0.4 is 10.2 Å². The fourth-order valence-electron chi connectivity index (χ4n) is 2.98. The molecular formula is C18H19F3N2. The van der Waals surface area contributed by atoms with Gasteiger partial charge in [-0.25, -0.2) is 13.2 Å². The number of rotatable bonds is 5. The molecule has 1 aliphatic rings. The maximum atomic E-state index is 14.2. The maximum absolute atomic E-state index is 14.2. The molecule has 2 aromatic carbocycles. The van der Waals surface area contributed by atoms with Crippen molar-refractivity contribution < 1.29 is 13.2 Å². The number of halogens is 3. The summed E-state index contributed by atoms with van der Waals surface area (Å²) < 4.78 is 41.0. The van der Waals surface area contributed by atoms with Crippen LogP contribution in [0.25, 0.3) is 0 Å². The molecule has 2 nitrogen and oxygen atoms in total. The van der Waals surface area contributed by atoms with Crippen LogP contribution in [0.1, 0.15) is 24.0 Å². The van der Waals surface area contributed by atoms with E-state index in [0.717, 1.165) is 49.8 Å². The van der Waals surface area contributed by atoms with Gasteiger partial charge in [-0.1, -0.05) is 6.07 Å². The largest absolute Gasteiger partial charge is 0.371 e. The molecule has 0 radical (unpaired) electrons. The first-order valence-electron chi connectivity index (χ1n) is 7.82. The van der Waals surface area contributed by atoms with Gasteiger partial charge in [-0.2, -0.15) is 0 Å². The topological polar surface area (TPSA) is 15.3 Å². The van der Waals surface area contributed by atoms with Crippen molar-refractivity contribution in [3.05, 3.63) is 65.0 Å². The van der Waals surface area contributed by atoms with Crippen molar-refractivity contribution in [1.82, 2.24) is 5.32 Å². The molecule has 1 aliphatic heterocycles. The number of anilines is 1.